The fourth-order valence-electron chi connectivity index (χ4n) is 3.63. The first kappa shape index (κ1) is 22.2. The summed E-state index contributed by atoms with van der Waals surface area (Å²) >= 11 is 0. The third-order valence-electron chi connectivity index (χ3n) is 5.10. The van der Waals surface area contributed by atoms with E-state index in [-0.39, 0.29) is 11.5 Å². The molecule has 160 valence electrons. The maximum atomic E-state index is 12.7. The molecule has 1 aliphatic rings. The van der Waals surface area contributed by atoms with Gasteiger partial charge in [0.05, 0.1) is 6.61 Å². The summed E-state index contributed by atoms with van der Waals surface area (Å²) in [6.45, 7) is 8.06. The Morgan fingerprint density at radius 1 is 1.19 bits per heavy atom. The molecule has 1 fully saturated rings. The SMILES string of the molecule is C=CCc1cc(/C=C(\C#N)C(=O)N2CCCC2)cc(OCC)c1OCc1ccccc1. The number of hydrogen-bond acceptors (Lipinski definition) is 4. The lowest BCUT2D eigenvalue weighted by atomic mass is 10.0. The molecule has 5 nitrogen and oxygen atoms in total. The second-order valence-electron chi connectivity index (χ2n) is 7.38. The van der Waals surface area contributed by atoms with Crippen molar-refractivity contribution in [3.8, 4) is 17.6 Å². The van der Waals surface area contributed by atoms with Gasteiger partial charge in [-0.05, 0) is 55.5 Å². The quantitative estimate of drug-likeness (QED) is 0.331. The van der Waals surface area contributed by atoms with Crippen LogP contribution < -0.4 is 9.47 Å². The van der Waals surface area contributed by atoms with Gasteiger partial charge in [0.25, 0.3) is 5.91 Å². The summed E-state index contributed by atoms with van der Waals surface area (Å²) in [5, 5.41) is 9.59. The number of likely N-dealkylation sites (tertiary alicyclic amines) is 1. The monoisotopic (exact) mass is 416 g/mol. The molecule has 3 rings (SSSR count). The highest BCUT2D eigenvalue weighted by Gasteiger charge is 2.22. The summed E-state index contributed by atoms with van der Waals surface area (Å²) in [7, 11) is 0. The first-order valence-corrected chi connectivity index (χ1v) is 10.6. The van der Waals surface area contributed by atoms with E-state index in [4.69, 9.17) is 9.47 Å². The van der Waals surface area contributed by atoms with Crippen LogP contribution in [0.2, 0.25) is 0 Å². The van der Waals surface area contributed by atoms with E-state index in [2.05, 4.69) is 12.6 Å². The molecule has 0 atom stereocenters. The average Bonchev–Trinajstić information content (AvgIpc) is 3.32. The van der Waals surface area contributed by atoms with Crippen molar-refractivity contribution in [2.24, 2.45) is 0 Å². The zero-order valence-corrected chi connectivity index (χ0v) is 18.0. The number of hydrogen-bond donors (Lipinski definition) is 0. The Morgan fingerprint density at radius 2 is 1.94 bits per heavy atom. The summed E-state index contributed by atoms with van der Waals surface area (Å²) in [5.74, 6) is 1.04. The number of carbonyl (C=O) groups excluding carboxylic acids is 1. The Balaban J connectivity index is 1.94. The highest BCUT2D eigenvalue weighted by molar-refractivity contribution is 6.01. The number of benzene rings is 2. The topological polar surface area (TPSA) is 62.6 Å². The zero-order valence-electron chi connectivity index (χ0n) is 18.0. The van der Waals surface area contributed by atoms with Gasteiger partial charge in [-0.3, -0.25) is 4.79 Å². The van der Waals surface area contributed by atoms with Crippen molar-refractivity contribution in [1.82, 2.24) is 4.90 Å². The molecule has 0 bridgehead atoms. The van der Waals surface area contributed by atoms with Gasteiger partial charge in [-0.25, -0.2) is 0 Å². The van der Waals surface area contributed by atoms with Crippen molar-refractivity contribution in [3.05, 3.63) is 77.4 Å². The number of ether oxygens (including phenoxy) is 2. The smallest absolute Gasteiger partial charge is 0.264 e. The summed E-state index contributed by atoms with van der Waals surface area (Å²) < 4.78 is 12.0. The molecular formula is C26H28N2O3. The molecule has 2 aromatic carbocycles. The minimum absolute atomic E-state index is 0.131. The van der Waals surface area contributed by atoms with Crippen molar-refractivity contribution in [2.75, 3.05) is 19.7 Å². The summed E-state index contributed by atoms with van der Waals surface area (Å²) in [4.78, 5) is 14.4. The largest absolute Gasteiger partial charge is 0.490 e. The second kappa shape index (κ2) is 11.0. The van der Waals surface area contributed by atoms with Crippen LogP contribution >= 0.6 is 0 Å². The van der Waals surface area contributed by atoms with E-state index in [9.17, 15) is 10.1 Å². The lowest BCUT2D eigenvalue weighted by Gasteiger charge is -2.17. The number of nitrogens with zero attached hydrogens (tertiary/aromatic N) is 2. The Morgan fingerprint density at radius 3 is 2.58 bits per heavy atom. The van der Waals surface area contributed by atoms with Gasteiger partial charge in [0, 0.05) is 18.7 Å². The minimum atomic E-state index is -0.215. The average molecular weight is 417 g/mol. The fraction of sp³-hybridized carbons (Fsp3) is 0.308. The van der Waals surface area contributed by atoms with E-state index in [0.717, 1.165) is 29.5 Å². The van der Waals surface area contributed by atoms with Gasteiger partial charge in [-0.15, -0.1) is 6.58 Å². The molecule has 2 aromatic rings. The maximum absolute atomic E-state index is 12.7. The van der Waals surface area contributed by atoms with Crippen LogP contribution in [0.3, 0.4) is 0 Å². The normalized spacial score (nSPS) is 13.5. The third-order valence-corrected chi connectivity index (χ3v) is 5.10. The molecule has 0 aliphatic carbocycles. The van der Waals surface area contributed by atoms with Crippen LogP contribution in [0, 0.1) is 11.3 Å². The van der Waals surface area contributed by atoms with Crippen LogP contribution in [0.5, 0.6) is 11.5 Å². The van der Waals surface area contributed by atoms with E-state index >= 15 is 0 Å². The molecule has 1 amide bonds. The lowest BCUT2D eigenvalue weighted by molar-refractivity contribution is -0.125. The van der Waals surface area contributed by atoms with Crippen molar-refractivity contribution in [3.63, 3.8) is 0 Å². The molecule has 1 heterocycles. The van der Waals surface area contributed by atoms with E-state index in [1.807, 2.05) is 49.4 Å². The maximum Gasteiger partial charge on any atom is 0.264 e. The van der Waals surface area contributed by atoms with E-state index in [0.29, 0.717) is 44.2 Å². The molecule has 0 unspecified atom stereocenters. The Labute approximate surface area is 184 Å². The molecular weight excluding hydrogens is 388 g/mol. The van der Waals surface area contributed by atoms with Crippen molar-refractivity contribution in [2.45, 2.75) is 32.8 Å². The first-order chi connectivity index (χ1) is 15.2. The van der Waals surface area contributed by atoms with Crippen molar-refractivity contribution in [1.29, 1.82) is 5.26 Å². The minimum Gasteiger partial charge on any atom is -0.490 e. The van der Waals surface area contributed by atoms with Crippen LogP contribution in [0.25, 0.3) is 6.08 Å². The zero-order chi connectivity index (χ0) is 22.1. The van der Waals surface area contributed by atoms with Gasteiger partial charge in [-0.1, -0.05) is 36.4 Å². The molecule has 0 aromatic heterocycles. The first-order valence-electron chi connectivity index (χ1n) is 10.6. The van der Waals surface area contributed by atoms with E-state index in [1.165, 1.54) is 0 Å². The lowest BCUT2D eigenvalue weighted by Crippen LogP contribution is -2.28. The molecule has 1 aliphatic heterocycles. The van der Waals surface area contributed by atoms with Gasteiger partial charge in [0.2, 0.25) is 0 Å². The predicted molar refractivity (Wildman–Crippen MR) is 122 cm³/mol. The molecule has 1 saturated heterocycles. The van der Waals surface area contributed by atoms with Gasteiger partial charge in [0.1, 0.15) is 18.2 Å². The van der Waals surface area contributed by atoms with Gasteiger partial charge >= 0.3 is 0 Å². The standard InChI is InChI=1S/C26H28N2O3/c1-3-10-22-15-21(16-23(18-27)26(29)28-13-8-9-14-28)17-24(30-4-2)25(22)31-19-20-11-6-5-7-12-20/h3,5-7,11-12,15-17H,1,4,8-10,13-14,19H2,2H3/b23-16+. The predicted octanol–water partition coefficient (Wildman–Crippen LogP) is 4.92. The Bertz CT molecular complexity index is 984. The van der Waals surface area contributed by atoms with Crippen molar-refractivity contribution < 1.29 is 14.3 Å². The Kier molecular flexibility index (Phi) is 7.89. The van der Waals surface area contributed by atoms with E-state index < -0.39 is 0 Å². The Hall–Kier alpha value is -3.52. The van der Waals surface area contributed by atoms with Gasteiger partial charge < -0.3 is 14.4 Å². The van der Waals surface area contributed by atoms with Gasteiger partial charge in [0.15, 0.2) is 11.5 Å². The summed E-state index contributed by atoms with van der Waals surface area (Å²) in [6, 6.07) is 15.8. The summed E-state index contributed by atoms with van der Waals surface area (Å²) in [5.41, 5.74) is 2.82. The number of carbonyl (C=O) groups is 1. The van der Waals surface area contributed by atoms with E-state index in [1.54, 1.807) is 17.1 Å². The highest BCUT2D eigenvalue weighted by atomic mass is 16.5. The number of allylic oxidation sites excluding steroid dienone is 1. The number of nitriles is 1. The number of rotatable bonds is 9. The molecule has 0 radical (unpaired) electrons. The second-order valence-corrected chi connectivity index (χ2v) is 7.38. The molecule has 5 heteroatoms. The molecule has 31 heavy (non-hydrogen) atoms. The van der Waals surface area contributed by atoms with Crippen LogP contribution in [-0.2, 0) is 17.8 Å². The summed E-state index contributed by atoms with van der Waals surface area (Å²) in [6.07, 6.45) is 5.98. The van der Waals surface area contributed by atoms with Crippen LogP contribution in [-0.4, -0.2) is 30.5 Å². The van der Waals surface area contributed by atoms with Gasteiger partial charge in [-0.2, -0.15) is 5.26 Å². The van der Waals surface area contributed by atoms with Crippen LogP contribution in [0.1, 0.15) is 36.5 Å². The van der Waals surface area contributed by atoms with Crippen LogP contribution in [0.4, 0.5) is 0 Å². The van der Waals surface area contributed by atoms with Crippen molar-refractivity contribution >= 4 is 12.0 Å². The molecule has 0 N–H and O–H groups in total. The number of amides is 1. The third kappa shape index (κ3) is 5.76. The molecule has 0 spiro atoms. The molecule has 0 saturated carbocycles. The van der Waals surface area contributed by atoms with Crippen LogP contribution in [0.15, 0.2) is 60.7 Å². The highest BCUT2D eigenvalue weighted by Crippen LogP contribution is 2.35. The fourth-order valence-corrected chi connectivity index (χ4v) is 3.63.